The Bertz CT molecular complexity index is 797. The van der Waals surface area contributed by atoms with Crippen LogP contribution in [0.5, 0.6) is 0 Å². The minimum absolute atomic E-state index is 0.0277. The van der Waals surface area contributed by atoms with Crippen molar-refractivity contribution in [2.24, 2.45) is 0 Å². The molecule has 1 N–H and O–H groups in total. The highest BCUT2D eigenvalue weighted by Gasteiger charge is 2.17. The Balaban J connectivity index is 1.38. The third-order valence-electron chi connectivity index (χ3n) is 4.86. The fourth-order valence-corrected chi connectivity index (χ4v) is 3.30. The summed E-state index contributed by atoms with van der Waals surface area (Å²) < 4.78 is 8.78. The molecule has 0 bridgehead atoms. The molecule has 0 aliphatic carbocycles. The van der Waals surface area contributed by atoms with Crippen molar-refractivity contribution in [2.45, 2.75) is 58.2 Å². The first kappa shape index (κ1) is 19.4. The second kappa shape index (κ2) is 9.50. The molecule has 0 saturated heterocycles. The number of carbonyl (C=O) groups is 1. The van der Waals surface area contributed by atoms with Gasteiger partial charge in [0, 0.05) is 26.1 Å². The average molecular weight is 372 g/mol. The summed E-state index contributed by atoms with van der Waals surface area (Å²) in [4.78, 5) is 24.5. The summed E-state index contributed by atoms with van der Waals surface area (Å²) in [7, 11) is 0. The predicted molar refractivity (Wildman–Crippen MR) is 102 cm³/mol. The third kappa shape index (κ3) is 5.29. The number of carbonyl (C=O) groups excluding carboxylic acids is 1. The summed E-state index contributed by atoms with van der Waals surface area (Å²) in [6, 6.07) is 10.0. The van der Waals surface area contributed by atoms with Gasteiger partial charge in [-0.25, -0.2) is 9.48 Å². The van der Waals surface area contributed by atoms with E-state index >= 15 is 0 Å². The van der Waals surface area contributed by atoms with Crippen LogP contribution in [0.1, 0.15) is 50.1 Å². The number of fused-ring (bicyclic) bond motifs is 1. The van der Waals surface area contributed by atoms with Crippen LogP contribution in [-0.2, 0) is 29.0 Å². The maximum atomic E-state index is 12.4. The molecular weight excluding hydrogens is 344 g/mol. The zero-order chi connectivity index (χ0) is 19.1. The molecule has 1 unspecified atom stereocenters. The number of hydrogen-bond acceptors (Lipinski definition) is 4. The maximum absolute atomic E-state index is 12.4. The number of aryl methyl sites for hydroxylation is 1. The van der Waals surface area contributed by atoms with E-state index in [0.29, 0.717) is 19.7 Å². The van der Waals surface area contributed by atoms with Gasteiger partial charge in [-0.2, -0.15) is 5.10 Å². The van der Waals surface area contributed by atoms with Gasteiger partial charge in [0.25, 0.3) is 0 Å². The lowest BCUT2D eigenvalue weighted by Gasteiger charge is -2.13. The lowest BCUT2D eigenvalue weighted by molar-refractivity contribution is -0.121. The van der Waals surface area contributed by atoms with Gasteiger partial charge in [-0.15, -0.1) is 0 Å². The predicted octanol–water partition coefficient (Wildman–Crippen LogP) is 2.06. The van der Waals surface area contributed by atoms with Gasteiger partial charge >= 0.3 is 5.69 Å². The molecule has 0 spiro atoms. The molecule has 1 aromatic carbocycles. The van der Waals surface area contributed by atoms with Crippen molar-refractivity contribution in [2.75, 3.05) is 13.2 Å². The van der Waals surface area contributed by atoms with Crippen LogP contribution in [0.2, 0.25) is 0 Å². The van der Waals surface area contributed by atoms with Crippen molar-refractivity contribution in [3.8, 4) is 0 Å². The van der Waals surface area contributed by atoms with Crippen molar-refractivity contribution in [1.82, 2.24) is 19.7 Å². The molecule has 3 rings (SSSR count). The van der Waals surface area contributed by atoms with Crippen LogP contribution in [0.15, 0.2) is 35.1 Å². The fraction of sp³-hybridized carbons (Fsp3) is 0.550. The molecule has 1 aliphatic heterocycles. The summed E-state index contributed by atoms with van der Waals surface area (Å²) in [6.45, 7) is 3.77. The molecular formula is C20H28N4O3. The summed E-state index contributed by atoms with van der Waals surface area (Å²) >= 11 is 0. The van der Waals surface area contributed by atoms with Gasteiger partial charge in [-0.1, -0.05) is 36.8 Å². The summed E-state index contributed by atoms with van der Waals surface area (Å²) in [5.41, 5.74) is 0.961. The molecule has 1 aromatic heterocycles. The van der Waals surface area contributed by atoms with Crippen LogP contribution in [-0.4, -0.2) is 33.4 Å². The van der Waals surface area contributed by atoms with Crippen molar-refractivity contribution in [1.29, 1.82) is 0 Å². The Labute approximate surface area is 159 Å². The van der Waals surface area contributed by atoms with Gasteiger partial charge in [0.05, 0.1) is 6.10 Å². The smallest absolute Gasteiger partial charge is 0.346 e. The van der Waals surface area contributed by atoms with Crippen LogP contribution >= 0.6 is 0 Å². The standard InChI is InChI=1S/C20H28N4O3/c1-16(17-9-4-2-5-10-17)27-14-8-12-21-19(25)15-24-20(26)23-13-7-3-6-11-18(23)22-24/h2,4-5,9-10,16H,3,6-8,11-15H2,1H3,(H,21,25). The van der Waals surface area contributed by atoms with Gasteiger partial charge in [-0.05, 0) is 31.7 Å². The van der Waals surface area contributed by atoms with E-state index in [9.17, 15) is 9.59 Å². The first-order valence-electron chi connectivity index (χ1n) is 9.75. The van der Waals surface area contributed by atoms with Crippen LogP contribution in [0.4, 0.5) is 0 Å². The third-order valence-corrected chi connectivity index (χ3v) is 4.86. The van der Waals surface area contributed by atoms with Crippen molar-refractivity contribution in [3.05, 3.63) is 52.2 Å². The number of nitrogens with one attached hydrogen (secondary N) is 1. The normalized spacial score (nSPS) is 15.0. The molecule has 27 heavy (non-hydrogen) atoms. The number of hydrogen-bond donors (Lipinski definition) is 1. The molecule has 0 radical (unpaired) electrons. The molecule has 0 fully saturated rings. The monoisotopic (exact) mass is 372 g/mol. The Hall–Kier alpha value is -2.41. The van der Waals surface area contributed by atoms with Gasteiger partial charge in [0.15, 0.2) is 0 Å². The second-order valence-corrected chi connectivity index (χ2v) is 6.95. The number of ether oxygens (including phenoxy) is 1. The Kier molecular flexibility index (Phi) is 6.81. The number of rotatable bonds is 8. The number of amides is 1. The maximum Gasteiger partial charge on any atom is 0.346 e. The number of benzene rings is 1. The summed E-state index contributed by atoms with van der Waals surface area (Å²) in [5.74, 6) is 0.607. The van der Waals surface area contributed by atoms with E-state index in [1.165, 1.54) is 4.68 Å². The van der Waals surface area contributed by atoms with Gasteiger partial charge in [0.1, 0.15) is 12.4 Å². The molecule has 0 saturated carbocycles. The molecule has 7 nitrogen and oxygen atoms in total. The van der Waals surface area contributed by atoms with E-state index in [2.05, 4.69) is 10.4 Å². The fourth-order valence-electron chi connectivity index (χ4n) is 3.30. The zero-order valence-corrected chi connectivity index (χ0v) is 15.9. The lowest BCUT2D eigenvalue weighted by atomic mass is 10.1. The van der Waals surface area contributed by atoms with Crippen LogP contribution in [0.3, 0.4) is 0 Å². The average Bonchev–Trinajstić information content (AvgIpc) is 2.85. The van der Waals surface area contributed by atoms with Crippen molar-refractivity contribution < 1.29 is 9.53 Å². The second-order valence-electron chi connectivity index (χ2n) is 6.95. The molecule has 2 aromatic rings. The summed E-state index contributed by atoms with van der Waals surface area (Å²) in [6.07, 6.45) is 4.71. The highest BCUT2D eigenvalue weighted by atomic mass is 16.5. The van der Waals surface area contributed by atoms with E-state index in [-0.39, 0.29) is 24.2 Å². The summed E-state index contributed by atoms with van der Waals surface area (Å²) in [5, 5.41) is 7.17. The van der Waals surface area contributed by atoms with Gasteiger partial charge in [-0.3, -0.25) is 9.36 Å². The minimum Gasteiger partial charge on any atom is -0.374 e. The van der Waals surface area contributed by atoms with Gasteiger partial charge in [0.2, 0.25) is 5.91 Å². The van der Waals surface area contributed by atoms with E-state index < -0.39 is 0 Å². The molecule has 7 heteroatoms. The number of aromatic nitrogens is 3. The van der Waals surface area contributed by atoms with E-state index in [1.807, 2.05) is 37.3 Å². The minimum atomic E-state index is -0.193. The van der Waals surface area contributed by atoms with Crippen molar-refractivity contribution in [3.63, 3.8) is 0 Å². The molecule has 1 aliphatic rings. The Morgan fingerprint density at radius 3 is 2.89 bits per heavy atom. The largest absolute Gasteiger partial charge is 0.374 e. The number of nitrogens with zero attached hydrogens (tertiary/aromatic N) is 3. The molecule has 146 valence electrons. The quantitative estimate of drug-likeness (QED) is 0.720. The van der Waals surface area contributed by atoms with E-state index in [4.69, 9.17) is 4.74 Å². The Morgan fingerprint density at radius 1 is 1.26 bits per heavy atom. The first-order valence-corrected chi connectivity index (χ1v) is 9.75. The molecule has 2 heterocycles. The van der Waals surface area contributed by atoms with E-state index in [1.54, 1.807) is 4.57 Å². The van der Waals surface area contributed by atoms with Gasteiger partial charge < -0.3 is 10.1 Å². The molecule has 1 amide bonds. The topological polar surface area (TPSA) is 78.2 Å². The van der Waals surface area contributed by atoms with Crippen molar-refractivity contribution >= 4 is 5.91 Å². The van der Waals surface area contributed by atoms with Crippen LogP contribution < -0.4 is 11.0 Å². The van der Waals surface area contributed by atoms with Crippen LogP contribution in [0, 0.1) is 0 Å². The Morgan fingerprint density at radius 2 is 2.07 bits per heavy atom. The van der Waals surface area contributed by atoms with E-state index in [0.717, 1.165) is 43.5 Å². The zero-order valence-electron chi connectivity index (χ0n) is 15.9. The van der Waals surface area contributed by atoms with Crippen LogP contribution in [0.25, 0.3) is 0 Å². The molecule has 1 atom stereocenters. The highest BCUT2D eigenvalue weighted by Crippen LogP contribution is 2.15. The SMILES string of the molecule is CC(OCCCNC(=O)Cn1nc2n(c1=O)CCCCC2)c1ccccc1. The lowest BCUT2D eigenvalue weighted by Crippen LogP contribution is -2.34. The first-order chi connectivity index (χ1) is 13.1. The highest BCUT2D eigenvalue weighted by molar-refractivity contribution is 5.75.